The third-order valence-corrected chi connectivity index (χ3v) is 3.87. The van der Waals surface area contributed by atoms with Crippen LogP contribution < -0.4 is 10.5 Å². The highest BCUT2D eigenvalue weighted by molar-refractivity contribution is 7.09. The van der Waals surface area contributed by atoms with E-state index in [-0.39, 0.29) is 0 Å². The molecule has 0 spiro atoms. The second kappa shape index (κ2) is 8.74. The monoisotopic (exact) mass is 291 g/mol. The first-order chi connectivity index (χ1) is 9.88. The lowest BCUT2D eigenvalue weighted by atomic mass is 10.2. The van der Waals surface area contributed by atoms with Gasteiger partial charge in [-0.05, 0) is 29.1 Å². The third-order valence-electron chi connectivity index (χ3n) is 2.93. The summed E-state index contributed by atoms with van der Waals surface area (Å²) in [5, 5.41) is 2.10. The van der Waals surface area contributed by atoms with Crippen molar-refractivity contribution in [2.75, 3.05) is 19.8 Å². The van der Waals surface area contributed by atoms with E-state index in [4.69, 9.17) is 15.2 Å². The molecule has 0 amide bonds. The highest BCUT2D eigenvalue weighted by Gasteiger charge is 1.96. The number of thiophene rings is 1. The molecule has 0 fully saturated rings. The van der Waals surface area contributed by atoms with E-state index in [1.807, 2.05) is 24.3 Å². The molecule has 0 bridgehead atoms. The van der Waals surface area contributed by atoms with Gasteiger partial charge in [-0.15, -0.1) is 11.3 Å². The predicted octanol–water partition coefficient (Wildman–Crippen LogP) is 3.24. The van der Waals surface area contributed by atoms with Crippen molar-refractivity contribution in [3.05, 3.63) is 52.2 Å². The van der Waals surface area contributed by atoms with Crippen LogP contribution in [0.5, 0.6) is 5.75 Å². The number of nitrogens with two attached hydrogens (primary N) is 1. The smallest absolute Gasteiger partial charge is 0.119 e. The Bertz CT molecular complexity index is 468. The van der Waals surface area contributed by atoms with Crippen molar-refractivity contribution in [1.82, 2.24) is 0 Å². The Morgan fingerprint density at radius 2 is 1.85 bits per heavy atom. The quantitative estimate of drug-likeness (QED) is 0.721. The fraction of sp³-hybridized carbons (Fsp3) is 0.375. The molecule has 0 saturated carbocycles. The van der Waals surface area contributed by atoms with E-state index in [9.17, 15) is 0 Å². The molecule has 0 saturated heterocycles. The minimum absolute atomic E-state index is 0.568. The van der Waals surface area contributed by atoms with E-state index >= 15 is 0 Å². The van der Waals surface area contributed by atoms with Gasteiger partial charge in [-0.25, -0.2) is 0 Å². The number of rotatable bonds is 9. The van der Waals surface area contributed by atoms with Crippen LogP contribution in [0.25, 0.3) is 0 Å². The second-order valence-corrected chi connectivity index (χ2v) is 5.52. The van der Waals surface area contributed by atoms with Crippen LogP contribution in [0, 0.1) is 0 Å². The van der Waals surface area contributed by atoms with Gasteiger partial charge in [0.1, 0.15) is 5.75 Å². The molecule has 3 nitrogen and oxygen atoms in total. The fourth-order valence-corrected chi connectivity index (χ4v) is 2.49. The van der Waals surface area contributed by atoms with E-state index in [0.717, 1.165) is 37.4 Å². The summed E-state index contributed by atoms with van der Waals surface area (Å²) in [6.45, 7) is 2.78. The summed E-state index contributed by atoms with van der Waals surface area (Å²) in [6.07, 6.45) is 1.90. The van der Waals surface area contributed by atoms with Crippen molar-refractivity contribution < 1.29 is 9.47 Å². The zero-order valence-corrected chi connectivity index (χ0v) is 12.4. The van der Waals surface area contributed by atoms with Gasteiger partial charge in [0.25, 0.3) is 0 Å². The Hall–Kier alpha value is -1.36. The van der Waals surface area contributed by atoms with Gasteiger partial charge in [0.2, 0.25) is 0 Å². The van der Waals surface area contributed by atoms with Crippen molar-refractivity contribution in [3.8, 4) is 5.75 Å². The zero-order valence-electron chi connectivity index (χ0n) is 11.6. The molecular weight excluding hydrogens is 270 g/mol. The molecule has 0 radical (unpaired) electrons. The molecule has 0 aliphatic rings. The molecular formula is C16H21NO2S. The molecule has 1 aromatic heterocycles. The van der Waals surface area contributed by atoms with Gasteiger partial charge in [0, 0.05) is 30.9 Å². The summed E-state index contributed by atoms with van der Waals surface area (Å²) >= 11 is 1.78. The van der Waals surface area contributed by atoms with E-state index in [1.54, 1.807) is 11.3 Å². The van der Waals surface area contributed by atoms with Crippen LogP contribution in [0.4, 0.5) is 0 Å². The zero-order chi connectivity index (χ0) is 14.0. The van der Waals surface area contributed by atoms with Gasteiger partial charge < -0.3 is 15.2 Å². The van der Waals surface area contributed by atoms with Crippen LogP contribution in [0.15, 0.2) is 41.8 Å². The Kier molecular flexibility index (Phi) is 6.57. The van der Waals surface area contributed by atoms with Crippen LogP contribution in [0.1, 0.15) is 16.9 Å². The first-order valence-electron chi connectivity index (χ1n) is 6.90. The second-order valence-electron chi connectivity index (χ2n) is 4.49. The standard InChI is InChI=1S/C16H21NO2S/c17-13-14-4-6-15(7-5-14)19-10-2-9-18-11-8-16-3-1-12-20-16/h1,3-7,12H,2,8-11,13,17H2. The van der Waals surface area contributed by atoms with Crippen molar-refractivity contribution in [2.24, 2.45) is 5.73 Å². The van der Waals surface area contributed by atoms with Crippen molar-refractivity contribution in [2.45, 2.75) is 19.4 Å². The number of hydrogen-bond acceptors (Lipinski definition) is 4. The summed E-state index contributed by atoms with van der Waals surface area (Å²) < 4.78 is 11.2. The Labute approximate surface area is 124 Å². The molecule has 4 heteroatoms. The van der Waals surface area contributed by atoms with Gasteiger partial charge in [-0.1, -0.05) is 18.2 Å². The molecule has 1 aromatic carbocycles. The summed E-state index contributed by atoms with van der Waals surface area (Å²) in [6, 6.07) is 12.1. The maximum Gasteiger partial charge on any atom is 0.119 e. The van der Waals surface area contributed by atoms with Crippen molar-refractivity contribution >= 4 is 11.3 Å². The lowest BCUT2D eigenvalue weighted by molar-refractivity contribution is 0.122. The highest BCUT2D eigenvalue weighted by atomic mass is 32.1. The maximum atomic E-state index is 5.64. The number of hydrogen-bond donors (Lipinski definition) is 1. The fourth-order valence-electron chi connectivity index (χ4n) is 1.80. The van der Waals surface area contributed by atoms with E-state index < -0.39 is 0 Å². The van der Waals surface area contributed by atoms with Gasteiger partial charge in [0.15, 0.2) is 0 Å². The van der Waals surface area contributed by atoms with E-state index in [2.05, 4.69) is 17.5 Å². The summed E-state index contributed by atoms with van der Waals surface area (Å²) in [5.74, 6) is 0.890. The van der Waals surface area contributed by atoms with Crippen molar-refractivity contribution in [3.63, 3.8) is 0 Å². The molecule has 0 aliphatic heterocycles. The molecule has 1 heterocycles. The Morgan fingerprint density at radius 3 is 2.55 bits per heavy atom. The minimum Gasteiger partial charge on any atom is -0.494 e. The van der Waals surface area contributed by atoms with Crippen LogP contribution in [-0.4, -0.2) is 19.8 Å². The molecule has 108 valence electrons. The third kappa shape index (κ3) is 5.33. The van der Waals surface area contributed by atoms with E-state index in [0.29, 0.717) is 13.2 Å². The topological polar surface area (TPSA) is 44.5 Å². The normalized spacial score (nSPS) is 10.7. The SMILES string of the molecule is NCc1ccc(OCCCOCCc2cccs2)cc1. The van der Waals surface area contributed by atoms with Gasteiger partial charge in [-0.3, -0.25) is 0 Å². The summed E-state index contributed by atoms with van der Waals surface area (Å²) in [7, 11) is 0. The highest BCUT2D eigenvalue weighted by Crippen LogP contribution is 2.12. The predicted molar refractivity (Wildman–Crippen MR) is 83.3 cm³/mol. The average Bonchev–Trinajstić information content (AvgIpc) is 3.00. The van der Waals surface area contributed by atoms with Crippen molar-refractivity contribution in [1.29, 1.82) is 0 Å². The lowest BCUT2D eigenvalue weighted by Gasteiger charge is -2.07. The van der Waals surface area contributed by atoms with E-state index in [1.165, 1.54) is 4.88 Å². The van der Waals surface area contributed by atoms with Gasteiger partial charge in [-0.2, -0.15) is 0 Å². The van der Waals surface area contributed by atoms with Crippen LogP contribution in [-0.2, 0) is 17.7 Å². The van der Waals surface area contributed by atoms with Gasteiger partial charge in [0.05, 0.1) is 13.2 Å². The lowest BCUT2D eigenvalue weighted by Crippen LogP contribution is -2.05. The molecule has 2 N–H and O–H groups in total. The summed E-state index contributed by atoms with van der Waals surface area (Å²) in [4.78, 5) is 1.38. The van der Waals surface area contributed by atoms with Crippen LogP contribution >= 0.6 is 11.3 Å². The number of benzene rings is 1. The van der Waals surface area contributed by atoms with Crippen LogP contribution in [0.3, 0.4) is 0 Å². The molecule has 2 rings (SSSR count). The largest absolute Gasteiger partial charge is 0.494 e. The minimum atomic E-state index is 0.568. The molecule has 0 aliphatic carbocycles. The molecule has 2 aromatic rings. The summed E-state index contributed by atoms with van der Waals surface area (Å²) in [5.41, 5.74) is 6.67. The first-order valence-corrected chi connectivity index (χ1v) is 7.78. The first kappa shape index (κ1) is 15.0. The van der Waals surface area contributed by atoms with Crippen LogP contribution in [0.2, 0.25) is 0 Å². The molecule has 0 atom stereocenters. The average molecular weight is 291 g/mol. The molecule has 0 unspecified atom stereocenters. The maximum absolute atomic E-state index is 5.64. The number of ether oxygens (including phenoxy) is 2. The van der Waals surface area contributed by atoms with Gasteiger partial charge >= 0.3 is 0 Å². The Balaban J connectivity index is 1.50. The molecule has 20 heavy (non-hydrogen) atoms. The Morgan fingerprint density at radius 1 is 1.00 bits per heavy atom.